The number of benzene rings is 1. The van der Waals surface area contributed by atoms with Crippen LogP contribution in [-0.4, -0.2) is 38.0 Å². The zero-order valence-electron chi connectivity index (χ0n) is 13.6. The zero-order chi connectivity index (χ0) is 16.8. The number of halogens is 1. The summed E-state index contributed by atoms with van der Waals surface area (Å²) >= 11 is 1.22. The van der Waals surface area contributed by atoms with E-state index in [1.807, 2.05) is 24.3 Å². The highest BCUT2D eigenvalue weighted by atomic mass is 35.5. The lowest BCUT2D eigenvalue weighted by atomic mass is 10.2. The Morgan fingerprint density at radius 3 is 2.60 bits per heavy atom. The summed E-state index contributed by atoms with van der Waals surface area (Å²) < 4.78 is 6.10. The van der Waals surface area contributed by atoms with Crippen LogP contribution >= 0.6 is 24.2 Å². The first-order valence-corrected chi connectivity index (χ1v) is 8.74. The zero-order valence-corrected chi connectivity index (χ0v) is 15.2. The topological polar surface area (TPSA) is 68.5 Å². The Kier molecular flexibility index (Phi) is 7.36. The fourth-order valence-electron chi connectivity index (χ4n) is 2.44. The van der Waals surface area contributed by atoms with Crippen LogP contribution in [0.3, 0.4) is 0 Å². The van der Waals surface area contributed by atoms with Gasteiger partial charge >= 0.3 is 0 Å². The van der Waals surface area contributed by atoms with Crippen molar-refractivity contribution in [2.24, 2.45) is 0 Å². The molecule has 0 spiro atoms. The molecule has 2 aromatic rings. The summed E-state index contributed by atoms with van der Waals surface area (Å²) in [4.78, 5) is 14.3. The van der Waals surface area contributed by atoms with Crippen molar-refractivity contribution in [3.63, 3.8) is 0 Å². The lowest BCUT2D eigenvalue weighted by Gasteiger charge is -2.28. The number of nitrogens with one attached hydrogen (secondary N) is 1. The third-order valence-corrected chi connectivity index (χ3v) is 4.69. The van der Waals surface area contributed by atoms with E-state index < -0.39 is 0 Å². The van der Waals surface area contributed by atoms with Gasteiger partial charge < -0.3 is 20.2 Å². The number of pyridine rings is 1. The minimum Gasteiger partial charge on any atom is -0.618 e. The molecule has 0 unspecified atom stereocenters. The minimum absolute atomic E-state index is 0. The van der Waals surface area contributed by atoms with E-state index in [4.69, 9.17) is 4.74 Å². The quantitative estimate of drug-likeness (QED) is 0.489. The molecule has 134 valence electrons. The molecule has 0 atom stereocenters. The standard InChI is InChI=1S/C17H19N3O3S.ClH/c21-16(13-24-17-3-1-2-8-20(17)22)18-14-4-6-15(7-5-14)19-9-11-23-12-10-19;/h1-8H,9-13H2,(H,18,21);1H. The van der Waals surface area contributed by atoms with E-state index in [2.05, 4.69) is 10.2 Å². The smallest absolute Gasteiger partial charge is 0.251 e. The molecule has 1 amide bonds. The van der Waals surface area contributed by atoms with E-state index in [1.165, 1.54) is 18.0 Å². The summed E-state index contributed by atoms with van der Waals surface area (Å²) in [5, 5.41) is 14.9. The van der Waals surface area contributed by atoms with E-state index in [-0.39, 0.29) is 24.1 Å². The van der Waals surface area contributed by atoms with Crippen molar-refractivity contribution >= 4 is 41.5 Å². The molecule has 0 saturated carbocycles. The fourth-order valence-corrected chi connectivity index (χ4v) is 3.15. The molecule has 1 aliphatic rings. The van der Waals surface area contributed by atoms with Gasteiger partial charge in [0, 0.05) is 36.6 Å². The lowest BCUT2D eigenvalue weighted by Crippen LogP contribution is -2.36. The first-order chi connectivity index (χ1) is 11.7. The number of hydrogen-bond donors (Lipinski definition) is 1. The summed E-state index contributed by atoms with van der Waals surface area (Å²) in [7, 11) is 0. The van der Waals surface area contributed by atoms with Gasteiger partial charge in [-0.1, -0.05) is 0 Å². The highest BCUT2D eigenvalue weighted by molar-refractivity contribution is 7.99. The predicted molar refractivity (Wildman–Crippen MR) is 101 cm³/mol. The number of anilines is 2. The van der Waals surface area contributed by atoms with Crippen LogP contribution in [0.5, 0.6) is 0 Å². The predicted octanol–water partition coefficient (Wildman–Crippen LogP) is 2.31. The highest BCUT2D eigenvalue weighted by Crippen LogP contribution is 2.19. The van der Waals surface area contributed by atoms with Gasteiger partial charge in [-0.05, 0) is 42.1 Å². The van der Waals surface area contributed by atoms with E-state index >= 15 is 0 Å². The Labute approximate surface area is 157 Å². The van der Waals surface area contributed by atoms with Gasteiger partial charge in [-0.3, -0.25) is 4.79 Å². The molecule has 0 radical (unpaired) electrons. The Morgan fingerprint density at radius 1 is 1.20 bits per heavy atom. The monoisotopic (exact) mass is 381 g/mol. The fraction of sp³-hybridized carbons (Fsp3) is 0.294. The second-order valence-electron chi connectivity index (χ2n) is 5.35. The molecule has 6 nitrogen and oxygen atoms in total. The van der Waals surface area contributed by atoms with E-state index in [0.717, 1.165) is 42.4 Å². The minimum atomic E-state index is -0.136. The number of hydrogen-bond acceptors (Lipinski definition) is 5. The summed E-state index contributed by atoms with van der Waals surface area (Å²) in [6.45, 7) is 3.26. The van der Waals surface area contributed by atoms with Gasteiger partial charge in [0.15, 0.2) is 6.20 Å². The molecule has 1 N–H and O–H groups in total. The SMILES string of the molecule is Cl.O=C(CSc1cccc[n+]1[O-])Nc1ccc(N2CCOCC2)cc1. The average molecular weight is 382 g/mol. The molecule has 1 aromatic heterocycles. The normalized spacial score (nSPS) is 13.8. The van der Waals surface area contributed by atoms with E-state index in [1.54, 1.807) is 18.2 Å². The van der Waals surface area contributed by atoms with Crippen LogP contribution < -0.4 is 14.9 Å². The van der Waals surface area contributed by atoms with Gasteiger partial charge in [0.05, 0.1) is 19.0 Å². The van der Waals surface area contributed by atoms with E-state index in [9.17, 15) is 10.0 Å². The maximum absolute atomic E-state index is 12.0. The highest BCUT2D eigenvalue weighted by Gasteiger charge is 2.12. The van der Waals surface area contributed by atoms with Crippen molar-refractivity contribution in [2.75, 3.05) is 42.3 Å². The van der Waals surface area contributed by atoms with Crippen molar-refractivity contribution in [1.29, 1.82) is 0 Å². The Hall–Kier alpha value is -1.96. The number of ether oxygens (including phenoxy) is 1. The average Bonchev–Trinajstić information content (AvgIpc) is 2.62. The summed E-state index contributed by atoms with van der Waals surface area (Å²) in [6, 6.07) is 12.9. The third kappa shape index (κ3) is 5.52. The molecule has 0 aliphatic carbocycles. The largest absolute Gasteiger partial charge is 0.618 e. The van der Waals surface area contributed by atoms with Crippen LogP contribution in [-0.2, 0) is 9.53 Å². The number of nitrogens with zero attached hydrogens (tertiary/aromatic N) is 2. The van der Waals surface area contributed by atoms with Gasteiger partial charge in [0.2, 0.25) is 5.91 Å². The summed E-state index contributed by atoms with van der Waals surface area (Å²) in [5.74, 6) is 0.0558. The molecule has 1 fully saturated rings. The molecule has 25 heavy (non-hydrogen) atoms. The molecular weight excluding hydrogens is 362 g/mol. The number of carbonyl (C=O) groups excluding carboxylic acids is 1. The van der Waals surface area contributed by atoms with Gasteiger partial charge in [-0.15, -0.1) is 12.4 Å². The van der Waals surface area contributed by atoms with Gasteiger partial charge in [0.25, 0.3) is 5.03 Å². The molecular formula is C17H20ClN3O3S. The van der Waals surface area contributed by atoms with Crippen LogP contribution in [0, 0.1) is 5.21 Å². The maximum Gasteiger partial charge on any atom is 0.251 e. The van der Waals surface area contributed by atoms with Gasteiger partial charge in [0.1, 0.15) is 0 Å². The number of morpholine rings is 1. The van der Waals surface area contributed by atoms with Crippen molar-refractivity contribution in [3.8, 4) is 0 Å². The number of carbonyl (C=O) groups is 1. The van der Waals surface area contributed by atoms with Crippen molar-refractivity contribution < 1.29 is 14.3 Å². The number of rotatable bonds is 5. The van der Waals surface area contributed by atoms with Gasteiger partial charge in [-0.2, -0.15) is 4.73 Å². The second kappa shape index (κ2) is 9.50. The Bertz CT molecular complexity index is 694. The van der Waals surface area contributed by atoms with Crippen LogP contribution in [0.15, 0.2) is 53.7 Å². The lowest BCUT2D eigenvalue weighted by molar-refractivity contribution is -0.645. The van der Waals surface area contributed by atoms with Crippen LogP contribution in [0.4, 0.5) is 11.4 Å². The number of amides is 1. The van der Waals surface area contributed by atoms with Crippen LogP contribution in [0.25, 0.3) is 0 Å². The summed E-state index contributed by atoms with van der Waals surface area (Å²) in [5.41, 5.74) is 1.88. The molecule has 0 bridgehead atoms. The van der Waals surface area contributed by atoms with Crippen molar-refractivity contribution in [1.82, 2.24) is 0 Å². The third-order valence-electron chi connectivity index (χ3n) is 3.67. The number of thioether (sulfide) groups is 1. The Morgan fingerprint density at radius 2 is 1.92 bits per heavy atom. The Balaban J connectivity index is 0.00000225. The van der Waals surface area contributed by atoms with Gasteiger partial charge in [-0.25, -0.2) is 0 Å². The molecule has 8 heteroatoms. The molecule has 1 saturated heterocycles. The summed E-state index contributed by atoms with van der Waals surface area (Å²) in [6.07, 6.45) is 1.42. The van der Waals surface area contributed by atoms with Crippen molar-refractivity contribution in [2.45, 2.75) is 5.03 Å². The maximum atomic E-state index is 12.0. The first-order valence-electron chi connectivity index (χ1n) is 7.76. The molecule has 2 heterocycles. The number of aromatic nitrogens is 1. The van der Waals surface area contributed by atoms with Crippen LogP contribution in [0.1, 0.15) is 0 Å². The van der Waals surface area contributed by atoms with Crippen LogP contribution in [0.2, 0.25) is 0 Å². The molecule has 1 aliphatic heterocycles. The first kappa shape index (κ1) is 19.4. The van der Waals surface area contributed by atoms with Crippen molar-refractivity contribution in [3.05, 3.63) is 53.9 Å². The molecule has 1 aromatic carbocycles. The molecule has 3 rings (SSSR count). The van der Waals surface area contributed by atoms with E-state index in [0.29, 0.717) is 5.03 Å². The second-order valence-corrected chi connectivity index (χ2v) is 6.34.